The van der Waals surface area contributed by atoms with Crippen LogP contribution in [0.3, 0.4) is 0 Å². The standard InChI is InChI=1S/C6H14N4/c1-4-5(2-7)3-9-6(8)10-4/h4-5H,2-3,7H2,1H3,(H3,8,9,10)/t4-,5-/m0/s1. The van der Waals surface area contributed by atoms with E-state index in [1.54, 1.807) is 0 Å². The van der Waals surface area contributed by atoms with Gasteiger partial charge >= 0.3 is 0 Å². The van der Waals surface area contributed by atoms with E-state index in [9.17, 15) is 0 Å². The minimum atomic E-state index is 0.363. The summed E-state index contributed by atoms with van der Waals surface area (Å²) in [6, 6.07) is 0.363. The van der Waals surface area contributed by atoms with Crippen molar-refractivity contribution in [3.63, 3.8) is 0 Å². The van der Waals surface area contributed by atoms with Crippen molar-refractivity contribution in [2.24, 2.45) is 22.4 Å². The molecule has 1 aliphatic rings. The highest BCUT2D eigenvalue weighted by atomic mass is 15.1. The van der Waals surface area contributed by atoms with E-state index in [1.165, 1.54) is 0 Å². The van der Waals surface area contributed by atoms with E-state index >= 15 is 0 Å². The van der Waals surface area contributed by atoms with Gasteiger partial charge in [0.05, 0.1) is 0 Å². The number of hydrogen-bond donors (Lipinski definition) is 3. The van der Waals surface area contributed by atoms with Gasteiger partial charge in [0.15, 0.2) is 5.96 Å². The molecule has 0 bridgehead atoms. The maximum absolute atomic E-state index is 5.49. The van der Waals surface area contributed by atoms with E-state index in [2.05, 4.69) is 17.2 Å². The summed E-state index contributed by atoms with van der Waals surface area (Å²) in [5, 5.41) is 3.03. The minimum Gasteiger partial charge on any atom is -0.370 e. The van der Waals surface area contributed by atoms with Crippen molar-refractivity contribution in [2.75, 3.05) is 13.1 Å². The first-order valence-electron chi connectivity index (χ1n) is 3.50. The Balaban J connectivity index is 2.52. The zero-order chi connectivity index (χ0) is 7.56. The molecule has 0 fully saturated rings. The second kappa shape index (κ2) is 2.88. The third kappa shape index (κ3) is 1.39. The summed E-state index contributed by atoms with van der Waals surface area (Å²) >= 11 is 0. The number of guanidine groups is 1. The van der Waals surface area contributed by atoms with E-state index in [1.807, 2.05) is 0 Å². The van der Waals surface area contributed by atoms with E-state index in [-0.39, 0.29) is 0 Å². The van der Waals surface area contributed by atoms with Crippen LogP contribution in [0.15, 0.2) is 4.99 Å². The van der Waals surface area contributed by atoms with Crippen LogP contribution >= 0.6 is 0 Å². The van der Waals surface area contributed by atoms with Gasteiger partial charge in [-0.2, -0.15) is 0 Å². The summed E-state index contributed by atoms with van der Waals surface area (Å²) in [5.41, 5.74) is 10.9. The van der Waals surface area contributed by atoms with Crippen molar-refractivity contribution in [2.45, 2.75) is 13.0 Å². The van der Waals surface area contributed by atoms with Crippen molar-refractivity contribution < 1.29 is 0 Å². The van der Waals surface area contributed by atoms with Crippen LogP contribution < -0.4 is 16.8 Å². The largest absolute Gasteiger partial charge is 0.370 e. The Morgan fingerprint density at radius 1 is 1.80 bits per heavy atom. The molecule has 1 rings (SSSR count). The van der Waals surface area contributed by atoms with Gasteiger partial charge < -0.3 is 16.8 Å². The van der Waals surface area contributed by atoms with E-state index < -0.39 is 0 Å². The molecule has 0 unspecified atom stereocenters. The fraction of sp³-hybridized carbons (Fsp3) is 0.833. The quantitative estimate of drug-likeness (QED) is 0.433. The molecule has 0 spiro atoms. The summed E-state index contributed by atoms with van der Waals surface area (Å²) in [4.78, 5) is 4.04. The number of nitrogens with two attached hydrogens (primary N) is 2. The van der Waals surface area contributed by atoms with Crippen LogP contribution in [-0.4, -0.2) is 25.1 Å². The topological polar surface area (TPSA) is 76.4 Å². The summed E-state index contributed by atoms with van der Waals surface area (Å²) in [6.07, 6.45) is 0. The highest BCUT2D eigenvalue weighted by Gasteiger charge is 2.19. The molecule has 0 amide bonds. The van der Waals surface area contributed by atoms with E-state index in [4.69, 9.17) is 11.5 Å². The van der Waals surface area contributed by atoms with Crippen LogP contribution in [0.1, 0.15) is 6.92 Å². The molecule has 0 aromatic rings. The molecule has 0 aromatic carbocycles. The van der Waals surface area contributed by atoms with Crippen molar-refractivity contribution in [1.29, 1.82) is 0 Å². The zero-order valence-corrected chi connectivity index (χ0v) is 6.17. The molecule has 1 heterocycles. The molecule has 10 heavy (non-hydrogen) atoms. The van der Waals surface area contributed by atoms with E-state index in [0.717, 1.165) is 6.54 Å². The summed E-state index contributed by atoms with van der Waals surface area (Å²) in [7, 11) is 0. The normalized spacial score (nSPS) is 32.8. The molecule has 4 nitrogen and oxygen atoms in total. The first kappa shape index (κ1) is 7.34. The third-order valence-electron chi connectivity index (χ3n) is 1.88. The number of nitrogens with one attached hydrogen (secondary N) is 1. The molecular weight excluding hydrogens is 128 g/mol. The SMILES string of the molecule is C[C@@H]1NC(N)=NC[C@@H]1CN. The van der Waals surface area contributed by atoms with Crippen LogP contribution in [-0.2, 0) is 0 Å². The van der Waals surface area contributed by atoms with Gasteiger partial charge in [0.1, 0.15) is 0 Å². The maximum atomic E-state index is 5.49. The fourth-order valence-corrected chi connectivity index (χ4v) is 1.05. The first-order chi connectivity index (χ1) is 4.74. The molecule has 0 radical (unpaired) electrons. The lowest BCUT2D eigenvalue weighted by Gasteiger charge is -2.26. The highest BCUT2D eigenvalue weighted by Crippen LogP contribution is 2.05. The van der Waals surface area contributed by atoms with Crippen molar-refractivity contribution in [3.8, 4) is 0 Å². The number of aliphatic imine (C=N–C) groups is 1. The van der Waals surface area contributed by atoms with E-state index in [0.29, 0.717) is 24.5 Å². The first-order valence-corrected chi connectivity index (χ1v) is 3.50. The predicted molar refractivity (Wildman–Crippen MR) is 41.6 cm³/mol. The Bertz CT molecular complexity index is 143. The van der Waals surface area contributed by atoms with Gasteiger partial charge in [-0.05, 0) is 13.5 Å². The van der Waals surface area contributed by atoms with Gasteiger partial charge in [-0.15, -0.1) is 0 Å². The average molecular weight is 142 g/mol. The molecule has 5 N–H and O–H groups in total. The second-order valence-corrected chi connectivity index (χ2v) is 2.65. The molecule has 0 saturated carbocycles. The van der Waals surface area contributed by atoms with Crippen LogP contribution in [0.25, 0.3) is 0 Å². The molecule has 1 aliphatic heterocycles. The van der Waals surface area contributed by atoms with Gasteiger partial charge in [0, 0.05) is 18.5 Å². The molecular formula is C6H14N4. The Labute approximate surface area is 60.7 Å². The summed E-state index contributed by atoms with van der Waals surface area (Å²) < 4.78 is 0. The lowest BCUT2D eigenvalue weighted by molar-refractivity contribution is 0.413. The molecule has 0 saturated heterocycles. The molecule has 58 valence electrons. The van der Waals surface area contributed by atoms with Gasteiger partial charge in [-0.3, -0.25) is 4.99 Å². The number of hydrogen-bond acceptors (Lipinski definition) is 4. The smallest absolute Gasteiger partial charge is 0.188 e. The van der Waals surface area contributed by atoms with Crippen LogP contribution in [0.4, 0.5) is 0 Å². The van der Waals surface area contributed by atoms with Gasteiger partial charge in [0.2, 0.25) is 0 Å². The Morgan fingerprint density at radius 2 is 2.50 bits per heavy atom. The molecule has 2 atom stereocenters. The summed E-state index contributed by atoms with van der Waals surface area (Å²) in [5.74, 6) is 0.976. The van der Waals surface area contributed by atoms with Gasteiger partial charge in [-0.1, -0.05) is 0 Å². The highest BCUT2D eigenvalue weighted by molar-refractivity contribution is 5.78. The zero-order valence-electron chi connectivity index (χ0n) is 6.17. The number of rotatable bonds is 1. The summed E-state index contributed by atoms with van der Waals surface area (Å²) in [6.45, 7) is 3.50. The van der Waals surface area contributed by atoms with Crippen LogP contribution in [0.5, 0.6) is 0 Å². The second-order valence-electron chi connectivity index (χ2n) is 2.65. The number of nitrogens with zero attached hydrogens (tertiary/aromatic N) is 1. The maximum Gasteiger partial charge on any atom is 0.188 e. The third-order valence-corrected chi connectivity index (χ3v) is 1.88. The van der Waals surface area contributed by atoms with Gasteiger partial charge in [0.25, 0.3) is 0 Å². The lowest BCUT2D eigenvalue weighted by Crippen LogP contribution is -2.49. The van der Waals surface area contributed by atoms with Crippen molar-refractivity contribution in [3.05, 3.63) is 0 Å². The van der Waals surface area contributed by atoms with Crippen LogP contribution in [0.2, 0.25) is 0 Å². The minimum absolute atomic E-state index is 0.363. The Morgan fingerprint density at radius 3 is 3.00 bits per heavy atom. The predicted octanol–water partition coefficient (Wildman–Crippen LogP) is -1.13. The van der Waals surface area contributed by atoms with Gasteiger partial charge in [-0.25, -0.2) is 0 Å². The van der Waals surface area contributed by atoms with Crippen molar-refractivity contribution >= 4 is 5.96 Å². The molecule has 0 aliphatic carbocycles. The monoisotopic (exact) mass is 142 g/mol. The van der Waals surface area contributed by atoms with Crippen LogP contribution in [0, 0.1) is 5.92 Å². The molecule has 0 aromatic heterocycles. The lowest BCUT2D eigenvalue weighted by atomic mass is 10.0. The fourth-order valence-electron chi connectivity index (χ4n) is 1.05. The average Bonchev–Trinajstić information content (AvgIpc) is 1.88. The van der Waals surface area contributed by atoms with Crippen molar-refractivity contribution in [1.82, 2.24) is 5.32 Å². The Hall–Kier alpha value is -0.770. The Kier molecular flexibility index (Phi) is 2.11. The molecule has 4 heteroatoms.